The maximum absolute atomic E-state index is 14.5. The van der Waals surface area contributed by atoms with Gasteiger partial charge >= 0.3 is 0 Å². The molecule has 4 rings (SSSR count). The summed E-state index contributed by atoms with van der Waals surface area (Å²) in [5.41, 5.74) is -0.415. The van der Waals surface area contributed by atoms with E-state index in [-0.39, 0.29) is 34.0 Å². The molecule has 1 fully saturated rings. The summed E-state index contributed by atoms with van der Waals surface area (Å²) in [6.45, 7) is 2.50. The normalized spacial score (nSPS) is 15.5. The number of nitrogens with zero attached hydrogens (tertiary/aromatic N) is 4. The maximum atomic E-state index is 14.5. The van der Waals surface area contributed by atoms with Gasteiger partial charge < -0.3 is 4.74 Å². The predicted molar refractivity (Wildman–Crippen MR) is 93.0 cm³/mol. The molecule has 1 saturated heterocycles. The molecule has 9 heteroatoms. The Morgan fingerprint density at radius 3 is 2.46 bits per heavy atom. The smallest absolute Gasteiger partial charge is 0.282 e. The Morgan fingerprint density at radius 1 is 1.04 bits per heavy atom. The van der Waals surface area contributed by atoms with Gasteiger partial charge in [-0.3, -0.25) is 0 Å². The van der Waals surface area contributed by atoms with Crippen LogP contribution in [0.15, 0.2) is 18.2 Å². The standard InChI is InChI=1S/C19H16F4N4O/c1-9-14(17(22)23)25-16-15(12-3-2-11(20)8-13(12)21)26-18(27-19(16)24-9)10-4-6-28-7-5-10/h2-3,8,10,17H,4-7H2,1H3. The zero-order valence-electron chi connectivity index (χ0n) is 14.9. The summed E-state index contributed by atoms with van der Waals surface area (Å²) >= 11 is 0. The van der Waals surface area contributed by atoms with Crippen LogP contribution in [0.3, 0.4) is 0 Å². The van der Waals surface area contributed by atoms with Crippen LogP contribution in [0.4, 0.5) is 17.6 Å². The lowest BCUT2D eigenvalue weighted by molar-refractivity contribution is 0.0836. The van der Waals surface area contributed by atoms with Crippen LogP contribution in [0.5, 0.6) is 0 Å². The predicted octanol–water partition coefficient (Wildman–Crippen LogP) is 4.51. The second-order valence-corrected chi connectivity index (χ2v) is 6.61. The van der Waals surface area contributed by atoms with Gasteiger partial charge in [-0.15, -0.1) is 0 Å². The molecule has 3 aromatic rings. The molecule has 0 unspecified atom stereocenters. The molecule has 28 heavy (non-hydrogen) atoms. The van der Waals surface area contributed by atoms with Gasteiger partial charge in [0.15, 0.2) is 5.65 Å². The second-order valence-electron chi connectivity index (χ2n) is 6.61. The zero-order chi connectivity index (χ0) is 19.8. The number of aromatic nitrogens is 4. The Bertz CT molecular complexity index is 1040. The first-order valence-corrected chi connectivity index (χ1v) is 8.81. The summed E-state index contributed by atoms with van der Waals surface area (Å²) in [4.78, 5) is 17.0. The average Bonchev–Trinajstić information content (AvgIpc) is 2.67. The molecule has 0 radical (unpaired) electrons. The number of alkyl halides is 2. The monoisotopic (exact) mass is 392 g/mol. The number of ether oxygens (including phenoxy) is 1. The molecule has 1 aliphatic heterocycles. The van der Waals surface area contributed by atoms with E-state index in [4.69, 9.17) is 4.74 Å². The van der Waals surface area contributed by atoms with Crippen LogP contribution >= 0.6 is 0 Å². The first-order valence-electron chi connectivity index (χ1n) is 8.81. The fourth-order valence-electron chi connectivity index (χ4n) is 3.27. The van der Waals surface area contributed by atoms with Crippen molar-refractivity contribution in [2.75, 3.05) is 13.2 Å². The third-order valence-corrected chi connectivity index (χ3v) is 4.74. The van der Waals surface area contributed by atoms with Gasteiger partial charge in [0.25, 0.3) is 6.43 Å². The van der Waals surface area contributed by atoms with E-state index >= 15 is 0 Å². The molecule has 0 bridgehead atoms. The zero-order valence-corrected chi connectivity index (χ0v) is 14.9. The molecule has 146 valence electrons. The number of aryl methyl sites for hydroxylation is 1. The molecule has 0 atom stereocenters. The molecular weight excluding hydrogens is 376 g/mol. The SMILES string of the molecule is Cc1nc2nc(C3CCOCC3)nc(-c3ccc(F)cc3F)c2nc1C(F)F. The topological polar surface area (TPSA) is 60.8 Å². The van der Waals surface area contributed by atoms with Crippen LogP contribution in [-0.4, -0.2) is 33.1 Å². The minimum atomic E-state index is -2.85. The molecule has 2 aromatic heterocycles. The van der Waals surface area contributed by atoms with Crippen LogP contribution in [0.1, 0.15) is 42.4 Å². The third kappa shape index (κ3) is 3.42. The quantitative estimate of drug-likeness (QED) is 0.614. The molecule has 0 spiro atoms. The first-order chi connectivity index (χ1) is 13.4. The molecule has 0 amide bonds. The van der Waals surface area contributed by atoms with E-state index in [1.165, 1.54) is 13.0 Å². The van der Waals surface area contributed by atoms with Crippen LogP contribution in [0.25, 0.3) is 22.4 Å². The molecule has 3 heterocycles. The van der Waals surface area contributed by atoms with Gasteiger partial charge in [0.2, 0.25) is 0 Å². The molecule has 1 aromatic carbocycles. The van der Waals surface area contributed by atoms with E-state index in [0.717, 1.165) is 6.07 Å². The van der Waals surface area contributed by atoms with Gasteiger partial charge in [0.1, 0.15) is 34.4 Å². The van der Waals surface area contributed by atoms with E-state index in [1.54, 1.807) is 0 Å². The molecule has 0 N–H and O–H groups in total. The van der Waals surface area contributed by atoms with Crippen LogP contribution in [0, 0.1) is 18.6 Å². The number of halogens is 4. The van der Waals surface area contributed by atoms with Gasteiger partial charge in [-0.05, 0) is 31.9 Å². The van der Waals surface area contributed by atoms with Crippen molar-refractivity contribution in [3.8, 4) is 11.3 Å². The fraction of sp³-hybridized carbons (Fsp3) is 0.368. The van der Waals surface area contributed by atoms with E-state index < -0.39 is 23.8 Å². The largest absolute Gasteiger partial charge is 0.381 e. The number of rotatable bonds is 3. The first kappa shape index (κ1) is 18.7. The lowest BCUT2D eigenvalue weighted by Gasteiger charge is -2.21. The van der Waals surface area contributed by atoms with Crippen molar-refractivity contribution in [3.05, 3.63) is 47.0 Å². The highest BCUT2D eigenvalue weighted by Crippen LogP contribution is 2.32. The van der Waals surface area contributed by atoms with Crippen LogP contribution in [-0.2, 0) is 4.74 Å². The Labute approximate surface area is 157 Å². The van der Waals surface area contributed by atoms with Crippen molar-refractivity contribution in [2.45, 2.75) is 32.1 Å². The van der Waals surface area contributed by atoms with E-state index in [1.807, 2.05) is 0 Å². The van der Waals surface area contributed by atoms with Crippen molar-refractivity contribution in [3.63, 3.8) is 0 Å². The van der Waals surface area contributed by atoms with Crippen molar-refractivity contribution in [2.24, 2.45) is 0 Å². The van der Waals surface area contributed by atoms with Gasteiger partial charge in [0, 0.05) is 30.8 Å². The van der Waals surface area contributed by atoms with Gasteiger partial charge in [0.05, 0.1) is 5.69 Å². The van der Waals surface area contributed by atoms with E-state index in [2.05, 4.69) is 19.9 Å². The third-order valence-electron chi connectivity index (χ3n) is 4.74. The van der Waals surface area contributed by atoms with Crippen molar-refractivity contribution < 1.29 is 22.3 Å². The Morgan fingerprint density at radius 2 is 1.79 bits per heavy atom. The summed E-state index contributed by atoms with van der Waals surface area (Å²) < 4.78 is 59.8. The molecule has 1 aliphatic rings. The maximum Gasteiger partial charge on any atom is 0.282 e. The summed E-state index contributed by atoms with van der Waals surface area (Å²) in [5.74, 6) is -1.22. The Hall–Kier alpha value is -2.68. The average molecular weight is 392 g/mol. The van der Waals surface area contributed by atoms with E-state index in [0.29, 0.717) is 37.9 Å². The molecule has 5 nitrogen and oxygen atoms in total. The number of hydrogen-bond donors (Lipinski definition) is 0. The number of benzene rings is 1. The lowest BCUT2D eigenvalue weighted by atomic mass is 9.99. The van der Waals surface area contributed by atoms with Crippen molar-refractivity contribution in [1.29, 1.82) is 0 Å². The highest BCUT2D eigenvalue weighted by atomic mass is 19.3. The van der Waals surface area contributed by atoms with Crippen molar-refractivity contribution >= 4 is 11.2 Å². The Balaban J connectivity index is 1.98. The summed E-state index contributed by atoms with van der Waals surface area (Å²) in [5, 5.41) is 0. The van der Waals surface area contributed by atoms with Gasteiger partial charge in [-0.1, -0.05) is 0 Å². The van der Waals surface area contributed by atoms with E-state index in [9.17, 15) is 17.6 Å². The second kappa shape index (κ2) is 7.38. The molecular formula is C19H16F4N4O. The summed E-state index contributed by atoms with van der Waals surface area (Å²) in [6, 6.07) is 3.01. The fourth-order valence-corrected chi connectivity index (χ4v) is 3.27. The minimum absolute atomic E-state index is 0.0263. The molecule has 0 saturated carbocycles. The van der Waals surface area contributed by atoms with Crippen LogP contribution in [0.2, 0.25) is 0 Å². The minimum Gasteiger partial charge on any atom is -0.381 e. The van der Waals surface area contributed by atoms with Gasteiger partial charge in [-0.25, -0.2) is 37.5 Å². The van der Waals surface area contributed by atoms with Gasteiger partial charge in [-0.2, -0.15) is 0 Å². The molecule has 0 aliphatic carbocycles. The lowest BCUT2D eigenvalue weighted by Crippen LogP contribution is -2.17. The summed E-state index contributed by atoms with van der Waals surface area (Å²) in [6.07, 6.45) is -1.49. The Kier molecular flexibility index (Phi) is 4.92. The highest BCUT2D eigenvalue weighted by molar-refractivity contribution is 5.87. The number of hydrogen-bond acceptors (Lipinski definition) is 5. The number of fused-ring (bicyclic) bond motifs is 1. The summed E-state index contributed by atoms with van der Waals surface area (Å²) in [7, 11) is 0. The van der Waals surface area contributed by atoms with Crippen LogP contribution < -0.4 is 0 Å². The van der Waals surface area contributed by atoms with Crippen molar-refractivity contribution in [1.82, 2.24) is 19.9 Å². The highest BCUT2D eigenvalue weighted by Gasteiger charge is 2.25.